The van der Waals surface area contributed by atoms with E-state index < -0.39 is 0 Å². The zero-order valence-corrected chi connectivity index (χ0v) is 10.6. The fourth-order valence-electron chi connectivity index (χ4n) is 1.56. The minimum atomic E-state index is -0.258. The molecular formula is C11H7N3O2S2. The summed E-state index contributed by atoms with van der Waals surface area (Å²) in [6.45, 7) is 0. The molecule has 0 radical (unpaired) electrons. The highest BCUT2D eigenvalue weighted by Crippen LogP contribution is 2.22. The van der Waals surface area contributed by atoms with Crippen LogP contribution in [0.1, 0.15) is 0 Å². The van der Waals surface area contributed by atoms with E-state index in [1.54, 1.807) is 17.4 Å². The van der Waals surface area contributed by atoms with Gasteiger partial charge in [0.1, 0.15) is 5.56 Å². The molecule has 0 spiro atoms. The van der Waals surface area contributed by atoms with Crippen LogP contribution in [0.3, 0.4) is 0 Å². The van der Waals surface area contributed by atoms with E-state index in [-0.39, 0.29) is 16.3 Å². The molecule has 0 aromatic carbocycles. The Labute approximate surface area is 110 Å². The van der Waals surface area contributed by atoms with Gasteiger partial charge in [0.25, 0.3) is 16.3 Å². The van der Waals surface area contributed by atoms with Crippen LogP contribution >= 0.6 is 23.6 Å². The monoisotopic (exact) mass is 277 g/mol. The number of thiophene rings is 1. The van der Waals surface area contributed by atoms with Crippen molar-refractivity contribution in [1.29, 1.82) is 0 Å². The van der Waals surface area contributed by atoms with Crippen molar-refractivity contribution >= 4 is 23.6 Å². The number of aromatic amines is 2. The summed E-state index contributed by atoms with van der Waals surface area (Å²) < 4.78 is 5.11. The van der Waals surface area contributed by atoms with E-state index in [0.717, 1.165) is 10.6 Å². The maximum Gasteiger partial charge on any atom is 0.284 e. The van der Waals surface area contributed by atoms with Gasteiger partial charge in [-0.3, -0.25) is 4.79 Å². The van der Waals surface area contributed by atoms with E-state index in [4.69, 9.17) is 16.6 Å². The number of aromatic nitrogens is 3. The third-order valence-electron chi connectivity index (χ3n) is 2.36. The lowest BCUT2D eigenvalue weighted by molar-refractivity contribution is 0.551. The molecule has 0 amide bonds. The lowest BCUT2D eigenvalue weighted by Crippen LogP contribution is -2.09. The average Bonchev–Trinajstić information content (AvgIpc) is 2.99. The molecule has 0 saturated heterocycles. The second-order valence-electron chi connectivity index (χ2n) is 3.51. The van der Waals surface area contributed by atoms with Gasteiger partial charge in [-0.2, -0.15) is 0 Å². The summed E-state index contributed by atoms with van der Waals surface area (Å²) >= 11 is 6.33. The van der Waals surface area contributed by atoms with Crippen molar-refractivity contribution in [2.75, 3.05) is 0 Å². The van der Waals surface area contributed by atoms with E-state index in [9.17, 15) is 4.79 Å². The normalized spacial score (nSPS) is 10.7. The van der Waals surface area contributed by atoms with E-state index in [1.807, 2.05) is 23.6 Å². The minimum absolute atomic E-state index is 0.145. The van der Waals surface area contributed by atoms with E-state index in [2.05, 4.69) is 15.2 Å². The molecule has 0 aliphatic carbocycles. The molecule has 0 atom stereocenters. The summed E-state index contributed by atoms with van der Waals surface area (Å²) in [5.41, 5.74) is 0.863. The van der Waals surface area contributed by atoms with Gasteiger partial charge >= 0.3 is 0 Å². The molecular weight excluding hydrogens is 270 g/mol. The predicted molar refractivity (Wildman–Crippen MR) is 71.1 cm³/mol. The van der Waals surface area contributed by atoms with Crippen molar-refractivity contribution in [1.82, 2.24) is 15.2 Å². The largest absolute Gasteiger partial charge is 0.409 e. The quantitative estimate of drug-likeness (QED) is 0.706. The smallest absolute Gasteiger partial charge is 0.284 e. The Morgan fingerprint density at radius 3 is 2.83 bits per heavy atom. The Balaban J connectivity index is 2.10. The second-order valence-corrected chi connectivity index (χ2v) is 4.83. The van der Waals surface area contributed by atoms with Crippen LogP contribution in [0.4, 0.5) is 0 Å². The molecule has 18 heavy (non-hydrogen) atoms. The molecule has 0 saturated carbocycles. The van der Waals surface area contributed by atoms with Crippen molar-refractivity contribution in [3.8, 4) is 22.0 Å². The first-order valence-electron chi connectivity index (χ1n) is 5.07. The van der Waals surface area contributed by atoms with Gasteiger partial charge in [0.2, 0.25) is 0 Å². The number of pyridine rings is 1. The van der Waals surface area contributed by atoms with Crippen molar-refractivity contribution in [3.05, 3.63) is 44.8 Å². The van der Waals surface area contributed by atoms with E-state index in [1.165, 1.54) is 0 Å². The third-order valence-corrected chi connectivity index (χ3v) is 3.44. The lowest BCUT2D eigenvalue weighted by atomic mass is 10.2. The summed E-state index contributed by atoms with van der Waals surface area (Å²) in [5.74, 6) is 0.193. The lowest BCUT2D eigenvalue weighted by Gasteiger charge is -1.98. The maximum absolute atomic E-state index is 11.9. The van der Waals surface area contributed by atoms with Crippen molar-refractivity contribution < 1.29 is 4.42 Å². The highest BCUT2D eigenvalue weighted by Gasteiger charge is 2.10. The molecule has 7 heteroatoms. The molecule has 0 bridgehead atoms. The molecule has 5 nitrogen and oxygen atoms in total. The van der Waals surface area contributed by atoms with Gasteiger partial charge in [0.15, 0.2) is 0 Å². The van der Waals surface area contributed by atoms with Gasteiger partial charge in [0, 0.05) is 0 Å². The Morgan fingerprint density at radius 1 is 1.33 bits per heavy atom. The van der Waals surface area contributed by atoms with Crippen LogP contribution in [0, 0.1) is 4.84 Å². The Hall–Kier alpha value is -1.99. The van der Waals surface area contributed by atoms with E-state index in [0.29, 0.717) is 5.56 Å². The van der Waals surface area contributed by atoms with Gasteiger partial charge in [-0.1, -0.05) is 6.07 Å². The Kier molecular flexibility index (Phi) is 2.69. The van der Waals surface area contributed by atoms with Gasteiger partial charge < -0.3 is 9.40 Å². The highest BCUT2D eigenvalue weighted by molar-refractivity contribution is 7.71. The molecule has 3 aromatic heterocycles. The number of hydrogen-bond donors (Lipinski definition) is 2. The van der Waals surface area contributed by atoms with Crippen molar-refractivity contribution in [2.24, 2.45) is 0 Å². The average molecular weight is 277 g/mol. The number of nitrogens with zero attached hydrogens (tertiary/aromatic N) is 1. The molecule has 0 unspecified atom stereocenters. The van der Waals surface area contributed by atoms with Crippen LogP contribution in [0.2, 0.25) is 0 Å². The van der Waals surface area contributed by atoms with Crippen LogP contribution in [0.25, 0.3) is 22.0 Å². The summed E-state index contributed by atoms with van der Waals surface area (Å²) in [6, 6.07) is 7.35. The Morgan fingerprint density at radius 2 is 2.22 bits per heavy atom. The molecule has 2 N–H and O–H groups in total. The molecule has 90 valence electrons. The molecule has 0 aliphatic rings. The van der Waals surface area contributed by atoms with Gasteiger partial charge in [-0.25, -0.2) is 5.10 Å². The SMILES string of the molecule is O=c1[nH]c(-c2cccs2)ccc1-c1n[nH]c(=S)o1. The number of hydrogen-bond acceptors (Lipinski definition) is 5. The number of H-pyrrole nitrogens is 2. The van der Waals surface area contributed by atoms with Crippen molar-refractivity contribution in [2.45, 2.75) is 0 Å². The molecule has 0 aliphatic heterocycles. The zero-order valence-electron chi connectivity index (χ0n) is 8.97. The van der Waals surface area contributed by atoms with Crippen molar-refractivity contribution in [3.63, 3.8) is 0 Å². The first-order valence-corrected chi connectivity index (χ1v) is 6.36. The van der Waals surface area contributed by atoms with Gasteiger partial charge in [-0.05, 0) is 35.8 Å². The first-order chi connectivity index (χ1) is 8.74. The summed E-state index contributed by atoms with van der Waals surface area (Å²) in [6.07, 6.45) is 0. The second kappa shape index (κ2) is 4.35. The fraction of sp³-hybridized carbons (Fsp3) is 0. The first kappa shape index (κ1) is 11.1. The standard InChI is InChI=1S/C11H7N3O2S2/c15-9-6(10-13-14-11(17)16-10)3-4-7(12-9)8-2-1-5-18-8/h1-5H,(H,12,15)(H,14,17). The zero-order chi connectivity index (χ0) is 12.5. The molecule has 3 heterocycles. The highest BCUT2D eigenvalue weighted by atomic mass is 32.1. The number of rotatable bonds is 2. The topological polar surface area (TPSA) is 74.7 Å². The minimum Gasteiger partial charge on any atom is -0.409 e. The fourth-order valence-corrected chi connectivity index (χ4v) is 2.39. The van der Waals surface area contributed by atoms with Crippen LogP contribution < -0.4 is 5.56 Å². The van der Waals surface area contributed by atoms with Crippen LogP contribution in [0.15, 0.2) is 38.9 Å². The van der Waals surface area contributed by atoms with Gasteiger partial charge in [-0.15, -0.1) is 16.4 Å². The summed E-state index contributed by atoms with van der Waals surface area (Å²) in [4.78, 5) is 15.9. The third kappa shape index (κ3) is 1.93. The number of nitrogens with one attached hydrogen (secondary N) is 2. The van der Waals surface area contributed by atoms with Crippen LogP contribution in [-0.4, -0.2) is 15.2 Å². The van der Waals surface area contributed by atoms with Crippen LogP contribution in [0.5, 0.6) is 0 Å². The van der Waals surface area contributed by atoms with Gasteiger partial charge in [0.05, 0.1) is 10.6 Å². The van der Waals surface area contributed by atoms with E-state index >= 15 is 0 Å². The predicted octanol–water partition coefficient (Wildman–Crippen LogP) is 2.82. The molecule has 3 aromatic rings. The molecule has 0 fully saturated rings. The Bertz CT molecular complexity index is 783. The summed E-state index contributed by atoms with van der Waals surface area (Å²) in [5, 5.41) is 8.26. The maximum atomic E-state index is 11.9. The van der Waals surface area contributed by atoms with Crippen LogP contribution in [-0.2, 0) is 0 Å². The summed E-state index contributed by atoms with van der Waals surface area (Å²) in [7, 11) is 0. The molecule has 3 rings (SSSR count).